The lowest BCUT2D eigenvalue weighted by molar-refractivity contribution is 0.1000. The predicted octanol–water partition coefficient (Wildman–Crippen LogP) is 1.36. The highest BCUT2D eigenvalue weighted by Gasteiger charge is 2.05. The number of para-hydroxylation sites is 1. The molecule has 0 bridgehead atoms. The minimum Gasteiger partial charge on any atom is -0.491 e. The van der Waals surface area contributed by atoms with Gasteiger partial charge in [-0.2, -0.15) is 0 Å². The van der Waals surface area contributed by atoms with E-state index in [1.165, 1.54) is 0 Å². The fraction of sp³-hybridized carbons (Fsp3) is 0.278. The number of nitrogens with one attached hydrogen (secondary N) is 1. The van der Waals surface area contributed by atoms with E-state index in [-0.39, 0.29) is 6.61 Å². The molecule has 4 N–H and O–H groups in total. The molecule has 2 aromatic rings. The van der Waals surface area contributed by atoms with E-state index in [0.29, 0.717) is 12.1 Å². The summed E-state index contributed by atoms with van der Waals surface area (Å²) in [7, 11) is 0. The van der Waals surface area contributed by atoms with Crippen molar-refractivity contribution in [2.24, 2.45) is 5.73 Å². The van der Waals surface area contributed by atoms with Gasteiger partial charge in [0.25, 0.3) is 0 Å². The Morgan fingerprint density at radius 1 is 1.13 bits per heavy atom. The number of amides is 1. The van der Waals surface area contributed by atoms with E-state index in [1.54, 1.807) is 12.1 Å². The molecule has 0 saturated carbocycles. The van der Waals surface area contributed by atoms with Crippen LogP contribution in [0.4, 0.5) is 0 Å². The Bertz CT molecular complexity index is 599. The van der Waals surface area contributed by atoms with Crippen molar-refractivity contribution in [2.75, 3.05) is 19.7 Å². The molecule has 0 unspecified atom stereocenters. The number of hydrogen-bond acceptors (Lipinski definition) is 4. The summed E-state index contributed by atoms with van der Waals surface area (Å²) in [5.41, 5.74) is 6.82. The quantitative estimate of drug-likeness (QED) is 0.610. The maximum absolute atomic E-state index is 11.0. The molecule has 0 aliphatic rings. The fourth-order valence-electron chi connectivity index (χ4n) is 2.11. The van der Waals surface area contributed by atoms with E-state index in [0.717, 1.165) is 24.3 Å². The first-order chi connectivity index (χ1) is 11.1. The van der Waals surface area contributed by atoms with Crippen molar-refractivity contribution >= 4 is 5.91 Å². The number of ether oxygens (including phenoxy) is 1. The van der Waals surface area contributed by atoms with Crippen LogP contribution >= 0.6 is 0 Å². The Kier molecular flexibility index (Phi) is 6.59. The van der Waals surface area contributed by atoms with Crippen LogP contribution in [0.25, 0.3) is 0 Å². The number of aliphatic hydroxyl groups excluding tert-OH is 1. The normalized spacial score (nSPS) is 11.9. The van der Waals surface area contributed by atoms with Gasteiger partial charge in [0, 0.05) is 12.1 Å². The SMILES string of the molecule is NC(=O)c1ccc(CCNC[C@H](O)COc2ccccc2)cc1. The summed E-state index contributed by atoms with van der Waals surface area (Å²) in [6, 6.07) is 16.6. The van der Waals surface area contributed by atoms with E-state index < -0.39 is 12.0 Å². The number of rotatable bonds is 9. The zero-order valence-electron chi connectivity index (χ0n) is 12.9. The van der Waals surface area contributed by atoms with Crippen molar-refractivity contribution in [1.29, 1.82) is 0 Å². The number of hydrogen-bond donors (Lipinski definition) is 3. The van der Waals surface area contributed by atoms with Crippen LogP contribution in [0.15, 0.2) is 54.6 Å². The van der Waals surface area contributed by atoms with E-state index in [9.17, 15) is 9.90 Å². The number of benzene rings is 2. The van der Waals surface area contributed by atoms with Gasteiger partial charge in [0.15, 0.2) is 0 Å². The molecule has 5 nitrogen and oxygen atoms in total. The summed E-state index contributed by atoms with van der Waals surface area (Å²) in [6.45, 7) is 1.45. The minimum atomic E-state index is -0.563. The second-order valence-electron chi connectivity index (χ2n) is 5.29. The molecule has 0 heterocycles. The van der Waals surface area contributed by atoms with Gasteiger partial charge in [-0.05, 0) is 42.8 Å². The second-order valence-corrected chi connectivity index (χ2v) is 5.29. The van der Waals surface area contributed by atoms with E-state index >= 15 is 0 Å². The molecular weight excluding hydrogens is 292 g/mol. The van der Waals surface area contributed by atoms with Gasteiger partial charge in [-0.1, -0.05) is 30.3 Å². The highest BCUT2D eigenvalue weighted by molar-refractivity contribution is 5.92. The monoisotopic (exact) mass is 314 g/mol. The zero-order chi connectivity index (χ0) is 16.5. The van der Waals surface area contributed by atoms with Gasteiger partial charge in [-0.3, -0.25) is 4.79 Å². The molecule has 0 fully saturated rings. The number of carbonyl (C=O) groups excluding carboxylic acids is 1. The number of aliphatic hydroxyl groups is 1. The first-order valence-corrected chi connectivity index (χ1v) is 7.60. The van der Waals surface area contributed by atoms with Crippen molar-refractivity contribution < 1.29 is 14.6 Å². The summed E-state index contributed by atoms with van der Waals surface area (Å²) in [6.07, 6.45) is 0.248. The lowest BCUT2D eigenvalue weighted by atomic mass is 10.1. The summed E-state index contributed by atoms with van der Waals surface area (Å²) in [5, 5.41) is 13.1. The molecule has 0 spiro atoms. The third kappa shape index (κ3) is 6.10. The molecule has 0 aliphatic heterocycles. The van der Waals surface area contributed by atoms with Crippen LogP contribution in [0.1, 0.15) is 15.9 Å². The minimum absolute atomic E-state index is 0.254. The summed E-state index contributed by atoms with van der Waals surface area (Å²) < 4.78 is 5.48. The summed E-state index contributed by atoms with van der Waals surface area (Å²) in [5.74, 6) is 0.331. The first-order valence-electron chi connectivity index (χ1n) is 7.60. The first kappa shape index (κ1) is 17.0. The molecule has 2 aromatic carbocycles. The van der Waals surface area contributed by atoms with Crippen LogP contribution in [0.2, 0.25) is 0 Å². The Balaban J connectivity index is 1.62. The number of carbonyl (C=O) groups is 1. The lowest BCUT2D eigenvalue weighted by Gasteiger charge is -2.13. The topological polar surface area (TPSA) is 84.6 Å². The second kappa shape index (κ2) is 8.92. The van der Waals surface area contributed by atoms with Gasteiger partial charge in [-0.25, -0.2) is 0 Å². The van der Waals surface area contributed by atoms with Crippen LogP contribution in [0.3, 0.4) is 0 Å². The maximum Gasteiger partial charge on any atom is 0.248 e. The van der Waals surface area contributed by atoms with E-state index in [2.05, 4.69) is 5.32 Å². The van der Waals surface area contributed by atoms with Gasteiger partial charge in [0.2, 0.25) is 5.91 Å². The maximum atomic E-state index is 11.0. The van der Waals surface area contributed by atoms with Crippen molar-refractivity contribution in [3.63, 3.8) is 0 Å². The smallest absolute Gasteiger partial charge is 0.248 e. The van der Waals surface area contributed by atoms with Crippen LogP contribution < -0.4 is 15.8 Å². The highest BCUT2D eigenvalue weighted by atomic mass is 16.5. The molecule has 2 rings (SSSR count). The molecule has 5 heteroatoms. The van der Waals surface area contributed by atoms with Crippen molar-refractivity contribution in [3.05, 3.63) is 65.7 Å². The summed E-state index contributed by atoms with van der Waals surface area (Å²) >= 11 is 0. The molecule has 122 valence electrons. The molecule has 1 amide bonds. The molecule has 1 atom stereocenters. The third-order valence-corrected chi connectivity index (χ3v) is 3.39. The van der Waals surface area contributed by atoms with Crippen LogP contribution in [0, 0.1) is 0 Å². The third-order valence-electron chi connectivity index (χ3n) is 3.39. The van der Waals surface area contributed by atoms with Gasteiger partial charge in [0.1, 0.15) is 18.5 Å². The molecule has 0 aliphatic carbocycles. The summed E-state index contributed by atoms with van der Waals surface area (Å²) in [4.78, 5) is 11.0. The molecular formula is C18H22N2O3. The standard InChI is InChI=1S/C18H22N2O3/c19-18(22)15-8-6-14(7-9-15)10-11-20-12-16(21)13-23-17-4-2-1-3-5-17/h1-9,16,20-21H,10-13H2,(H2,19,22)/t16-/m0/s1. The number of primary amides is 1. The van der Waals surface area contributed by atoms with Gasteiger partial charge < -0.3 is 20.9 Å². The Morgan fingerprint density at radius 2 is 1.83 bits per heavy atom. The average Bonchev–Trinajstić information content (AvgIpc) is 2.58. The largest absolute Gasteiger partial charge is 0.491 e. The Hall–Kier alpha value is -2.37. The Labute approximate surface area is 136 Å². The van der Waals surface area contributed by atoms with Gasteiger partial charge in [0.05, 0.1) is 0 Å². The number of nitrogens with two attached hydrogens (primary N) is 1. The molecule has 0 saturated heterocycles. The van der Waals surface area contributed by atoms with Crippen molar-refractivity contribution in [2.45, 2.75) is 12.5 Å². The van der Waals surface area contributed by atoms with Crippen LogP contribution in [-0.4, -0.2) is 36.8 Å². The van der Waals surface area contributed by atoms with Gasteiger partial charge in [-0.15, -0.1) is 0 Å². The lowest BCUT2D eigenvalue weighted by Crippen LogP contribution is -2.32. The molecule has 0 aromatic heterocycles. The molecule has 23 heavy (non-hydrogen) atoms. The predicted molar refractivity (Wildman–Crippen MR) is 89.5 cm³/mol. The van der Waals surface area contributed by atoms with E-state index in [4.69, 9.17) is 10.5 Å². The zero-order valence-corrected chi connectivity index (χ0v) is 12.9. The van der Waals surface area contributed by atoms with E-state index in [1.807, 2.05) is 42.5 Å². The highest BCUT2D eigenvalue weighted by Crippen LogP contribution is 2.08. The fourth-order valence-corrected chi connectivity index (χ4v) is 2.11. The Morgan fingerprint density at radius 3 is 2.48 bits per heavy atom. The van der Waals surface area contributed by atoms with Crippen LogP contribution in [-0.2, 0) is 6.42 Å². The average molecular weight is 314 g/mol. The van der Waals surface area contributed by atoms with Crippen molar-refractivity contribution in [1.82, 2.24) is 5.32 Å². The van der Waals surface area contributed by atoms with Gasteiger partial charge >= 0.3 is 0 Å². The molecule has 0 radical (unpaired) electrons. The van der Waals surface area contributed by atoms with Crippen LogP contribution in [0.5, 0.6) is 5.75 Å². The van der Waals surface area contributed by atoms with Crippen molar-refractivity contribution in [3.8, 4) is 5.75 Å².